The van der Waals surface area contributed by atoms with Gasteiger partial charge in [0.25, 0.3) is 0 Å². The molecule has 2 aromatic rings. The summed E-state index contributed by atoms with van der Waals surface area (Å²) in [7, 11) is -3.42. The number of hydrogen-bond donors (Lipinski definition) is 0. The molecule has 0 radical (unpaired) electrons. The SMILES string of the molecule is CS(=O)(=O)N1CCCCC1C(=O)Oc1ccc2cc(Br)ccc2c1. The lowest BCUT2D eigenvalue weighted by atomic mass is 10.1. The van der Waals surface area contributed by atoms with E-state index in [1.165, 1.54) is 4.31 Å². The van der Waals surface area contributed by atoms with Crippen LogP contribution in [0.3, 0.4) is 0 Å². The Morgan fingerprint density at radius 1 is 1.17 bits per heavy atom. The van der Waals surface area contributed by atoms with Crippen LogP contribution < -0.4 is 4.74 Å². The number of rotatable bonds is 3. The van der Waals surface area contributed by atoms with Crippen molar-refractivity contribution in [1.82, 2.24) is 4.31 Å². The van der Waals surface area contributed by atoms with E-state index in [0.717, 1.165) is 34.3 Å². The highest BCUT2D eigenvalue weighted by Gasteiger charge is 2.35. The number of carbonyl (C=O) groups excluding carboxylic acids is 1. The van der Waals surface area contributed by atoms with Gasteiger partial charge in [0.05, 0.1) is 6.26 Å². The lowest BCUT2D eigenvalue weighted by molar-refractivity contribution is -0.139. The van der Waals surface area contributed by atoms with E-state index < -0.39 is 22.0 Å². The number of halogens is 1. The van der Waals surface area contributed by atoms with Gasteiger partial charge in [-0.2, -0.15) is 4.31 Å². The van der Waals surface area contributed by atoms with Crippen molar-refractivity contribution in [2.45, 2.75) is 25.3 Å². The van der Waals surface area contributed by atoms with Crippen LogP contribution in [0.1, 0.15) is 19.3 Å². The molecule has 0 aromatic heterocycles. The van der Waals surface area contributed by atoms with Gasteiger partial charge in [-0.05, 0) is 54.3 Å². The Bertz CT molecular complexity index is 881. The molecule has 1 fully saturated rings. The molecule has 7 heteroatoms. The average Bonchev–Trinajstić information content (AvgIpc) is 2.54. The van der Waals surface area contributed by atoms with Crippen LogP contribution >= 0.6 is 15.9 Å². The summed E-state index contributed by atoms with van der Waals surface area (Å²) in [6.45, 7) is 0.365. The molecule has 0 aliphatic carbocycles. The van der Waals surface area contributed by atoms with Crippen LogP contribution in [0.15, 0.2) is 40.9 Å². The molecule has 128 valence electrons. The van der Waals surface area contributed by atoms with Crippen molar-refractivity contribution in [2.75, 3.05) is 12.8 Å². The summed E-state index contributed by atoms with van der Waals surface area (Å²) < 4.78 is 31.4. The van der Waals surface area contributed by atoms with Crippen molar-refractivity contribution >= 4 is 42.7 Å². The van der Waals surface area contributed by atoms with Gasteiger partial charge in [0.1, 0.15) is 11.8 Å². The minimum absolute atomic E-state index is 0.365. The number of benzene rings is 2. The molecule has 0 spiro atoms. The van der Waals surface area contributed by atoms with Crippen LogP contribution in [0.2, 0.25) is 0 Å². The van der Waals surface area contributed by atoms with E-state index in [1.807, 2.05) is 24.3 Å². The van der Waals surface area contributed by atoms with Crippen LogP contribution in [0.25, 0.3) is 10.8 Å². The van der Waals surface area contributed by atoms with Gasteiger partial charge in [0.2, 0.25) is 10.0 Å². The van der Waals surface area contributed by atoms with E-state index in [4.69, 9.17) is 4.74 Å². The van der Waals surface area contributed by atoms with Gasteiger partial charge in [-0.25, -0.2) is 13.2 Å². The molecule has 1 aliphatic heterocycles. The Kier molecular flexibility index (Phi) is 4.94. The first-order valence-electron chi connectivity index (χ1n) is 7.72. The summed E-state index contributed by atoms with van der Waals surface area (Å²) in [6, 6.07) is 10.5. The maximum absolute atomic E-state index is 12.5. The standard InChI is InChI=1S/C17H18BrNO4S/c1-24(21,22)19-9-3-2-4-16(19)17(20)23-15-8-6-12-10-14(18)7-5-13(12)11-15/h5-8,10-11,16H,2-4,9H2,1H3. The van der Waals surface area contributed by atoms with E-state index in [9.17, 15) is 13.2 Å². The number of piperidine rings is 1. The normalized spacial score (nSPS) is 19.3. The number of nitrogens with zero attached hydrogens (tertiary/aromatic N) is 1. The number of hydrogen-bond acceptors (Lipinski definition) is 4. The maximum Gasteiger partial charge on any atom is 0.329 e. The molecule has 24 heavy (non-hydrogen) atoms. The molecule has 0 N–H and O–H groups in total. The third-order valence-electron chi connectivity index (χ3n) is 4.14. The van der Waals surface area contributed by atoms with Gasteiger partial charge in [-0.3, -0.25) is 0 Å². The number of carbonyl (C=O) groups is 1. The van der Waals surface area contributed by atoms with E-state index in [2.05, 4.69) is 15.9 Å². The first-order valence-corrected chi connectivity index (χ1v) is 10.4. The van der Waals surface area contributed by atoms with Gasteiger partial charge in [0.15, 0.2) is 0 Å². The zero-order valence-electron chi connectivity index (χ0n) is 13.2. The lowest BCUT2D eigenvalue weighted by Crippen LogP contribution is -2.48. The van der Waals surface area contributed by atoms with Crippen molar-refractivity contribution in [2.24, 2.45) is 0 Å². The summed E-state index contributed by atoms with van der Waals surface area (Å²) in [6.07, 6.45) is 3.21. The predicted molar refractivity (Wildman–Crippen MR) is 96.5 cm³/mol. The fourth-order valence-corrected chi connectivity index (χ4v) is 4.47. The highest BCUT2D eigenvalue weighted by molar-refractivity contribution is 9.10. The van der Waals surface area contributed by atoms with Crippen molar-refractivity contribution in [3.63, 3.8) is 0 Å². The Hall–Kier alpha value is -1.44. The van der Waals surface area contributed by atoms with E-state index >= 15 is 0 Å². The summed E-state index contributed by atoms with van der Waals surface area (Å²) in [4.78, 5) is 12.5. The highest BCUT2D eigenvalue weighted by Crippen LogP contribution is 2.26. The molecule has 1 saturated heterocycles. The second kappa shape index (κ2) is 6.82. The lowest BCUT2D eigenvalue weighted by Gasteiger charge is -2.31. The summed E-state index contributed by atoms with van der Waals surface area (Å²) in [5, 5.41) is 1.98. The smallest absolute Gasteiger partial charge is 0.329 e. The minimum Gasteiger partial charge on any atom is -0.425 e. The van der Waals surface area contributed by atoms with Crippen LogP contribution in [0.4, 0.5) is 0 Å². The average molecular weight is 412 g/mol. The largest absolute Gasteiger partial charge is 0.425 e. The fourth-order valence-electron chi connectivity index (χ4n) is 2.98. The van der Waals surface area contributed by atoms with Crippen LogP contribution in [-0.4, -0.2) is 37.5 Å². The van der Waals surface area contributed by atoms with Gasteiger partial charge in [-0.15, -0.1) is 0 Å². The van der Waals surface area contributed by atoms with E-state index in [-0.39, 0.29) is 0 Å². The summed E-state index contributed by atoms with van der Waals surface area (Å²) in [5.41, 5.74) is 0. The second-order valence-electron chi connectivity index (χ2n) is 5.96. The number of esters is 1. The topological polar surface area (TPSA) is 63.7 Å². The van der Waals surface area contributed by atoms with Crippen molar-refractivity contribution < 1.29 is 17.9 Å². The van der Waals surface area contributed by atoms with Gasteiger partial charge in [0, 0.05) is 11.0 Å². The van der Waals surface area contributed by atoms with Crippen molar-refractivity contribution in [3.05, 3.63) is 40.9 Å². The molecule has 0 amide bonds. The van der Waals surface area contributed by atoms with E-state index in [0.29, 0.717) is 18.7 Å². The molecule has 1 heterocycles. The number of fused-ring (bicyclic) bond motifs is 1. The van der Waals surface area contributed by atoms with Gasteiger partial charge in [-0.1, -0.05) is 28.1 Å². The minimum atomic E-state index is -3.42. The molecule has 5 nitrogen and oxygen atoms in total. The Balaban J connectivity index is 1.82. The predicted octanol–water partition coefficient (Wildman–Crippen LogP) is 3.32. The first-order chi connectivity index (χ1) is 11.3. The second-order valence-corrected chi connectivity index (χ2v) is 8.81. The molecular formula is C17H18BrNO4S. The Labute approximate surface area is 149 Å². The highest BCUT2D eigenvalue weighted by atomic mass is 79.9. The van der Waals surface area contributed by atoms with Crippen molar-refractivity contribution in [3.8, 4) is 5.75 Å². The van der Waals surface area contributed by atoms with E-state index in [1.54, 1.807) is 12.1 Å². The monoisotopic (exact) mass is 411 g/mol. The molecule has 3 rings (SSSR count). The maximum atomic E-state index is 12.5. The third kappa shape index (κ3) is 3.79. The van der Waals surface area contributed by atoms with Crippen LogP contribution in [0, 0.1) is 0 Å². The van der Waals surface area contributed by atoms with Crippen LogP contribution in [0.5, 0.6) is 5.75 Å². The van der Waals surface area contributed by atoms with Gasteiger partial charge >= 0.3 is 5.97 Å². The molecule has 0 saturated carbocycles. The van der Waals surface area contributed by atoms with Crippen LogP contribution in [-0.2, 0) is 14.8 Å². The Morgan fingerprint density at radius 3 is 2.62 bits per heavy atom. The molecule has 1 unspecified atom stereocenters. The molecule has 0 bridgehead atoms. The molecule has 2 aromatic carbocycles. The quantitative estimate of drug-likeness (QED) is 0.573. The van der Waals surface area contributed by atoms with Crippen molar-refractivity contribution in [1.29, 1.82) is 0 Å². The molecule has 1 aliphatic rings. The zero-order chi connectivity index (χ0) is 17.3. The first kappa shape index (κ1) is 17.4. The third-order valence-corrected chi connectivity index (χ3v) is 5.93. The van der Waals surface area contributed by atoms with Gasteiger partial charge < -0.3 is 4.74 Å². The number of sulfonamides is 1. The molecule has 1 atom stereocenters. The Morgan fingerprint density at radius 2 is 1.88 bits per heavy atom. The summed E-state index contributed by atoms with van der Waals surface area (Å²) >= 11 is 3.42. The molecular weight excluding hydrogens is 394 g/mol. The fraction of sp³-hybridized carbons (Fsp3) is 0.353. The number of ether oxygens (including phenoxy) is 1. The summed E-state index contributed by atoms with van der Waals surface area (Å²) in [5.74, 6) is -0.0922. The zero-order valence-corrected chi connectivity index (χ0v) is 15.6.